The highest BCUT2D eigenvalue weighted by Gasteiger charge is 2.38. The number of aromatic nitrogens is 2. The normalized spacial score (nSPS) is 21.0. The summed E-state index contributed by atoms with van der Waals surface area (Å²) in [5.41, 5.74) is 2.13. The lowest BCUT2D eigenvalue weighted by molar-refractivity contribution is -0.148. The number of hydrogen-bond donors (Lipinski definition) is 0. The van der Waals surface area contributed by atoms with Gasteiger partial charge in [0.05, 0.1) is 12.2 Å². The number of carbonyl (C=O) groups is 1. The first-order valence-electron chi connectivity index (χ1n) is 9.94. The summed E-state index contributed by atoms with van der Waals surface area (Å²) in [5, 5.41) is 4.58. The smallest absolute Gasteiger partial charge is 0.267 e. The van der Waals surface area contributed by atoms with E-state index in [1.54, 1.807) is 15.6 Å². The van der Waals surface area contributed by atoms with Gasteiger partial charge in [0.2, 0.25) is 6.10 Å². The predicted octanol–water partition coefficient (Wildman–Crippen LogP) is 1.42. The van der Waals surface area contributed by atoms with Gasteiger partial charge in [0.25, 0.3) is 11.5 Å². The molecule has 1 atom stereocenters. The fourth-order valence-corrected chi connectivity index (χ4v) is 4.19. The maximum atomic E-state index is 12.7. The van der Waals surface area contributed by atoms with Gasteiger partial charge in [0.15, 0.2) is 11.5 Å². The number of para-hydroxylation sites is 2. The van der Waals surface area contributed by atoms with Crippen molar-refractivity contribution in [1.82, 2.24) is 14.7 Å². The van der Waals surface area contributed by atoms with Gasteiger partial charge >= 0.3 is 0 Å². The highest BCUT2D eigenvalue weighted by Crippen LogP contribution is 2.32. The Morgan fingerprint density at radius 2 is 1.93 bits per heavy atom. The lowest BCUT2D eigenvalue weighted by atomic mass is 9.96. The second-order valence-electron chi connectivity index (χ2n) is 7.82. The Hall–Kier alpha value is -2.83. The predicted molar refractivity (Wildman–Crippen MR) is 102 cm³/mol. The molecule has 7 heteroatoms. The molecule has 146 valence electrons. The van der Waals surface area contributed by atoms with Crippen molar-refractivity contribution in [3.63, 3.8) is 0 Å². The molecule has 28 heavy (non-hydrogen) atoms. The van der Waals surface area contributed by atoms with Crippen LogP contribution in [0.15, 0.2) is 35.1 Å². The van der Waals surface area contributed by atoms with Crippen LogP contribution in [0.3, 0.4) is 0 Å². The molecule has 5 rings (SSSR count). The van der Waals surface area contributed by atoms with Gasteiger partial charge < -0.3 is 14.4 Å². The van der Waals surface area contributed by atoms with E-state index in [0.717, 1.165) is 36.9 Å². The summed E-state index contributed by atoms with van der Waals surface area (Å²) >= 11 is 0. The van der Waals surface area contributed by atoms with Crippen molar-refractivity contribution >= 4 is 5.91 Å². The molecule has 0 N–H and O–H groups in total. The van der Waals surface area contributed by atoms with Crippen LogP contribution in [-0.2, 0) is 24.2 Å². The third-order valence-electron chi connectivity index (χ3n) is 5.76. The highest BCUT2D eigenvalue weighted by atomic mass is 16.6. The van der Waals surface area contributed by atoms with Gasteiger partial charge in [-0.05, 0) is 43.4 Å². The van der Waals surface area contributed by atoms with E-state index in [0.29, 0.717) is 31.1 Å². The van der Waals surface area contributed by atoms with Gasteiger partial charge in [-0.15, -0.1) is 0 Å². The van der Waals surface area contributed by atoms with Crippen LogP contribution in [0.25, 0.3) is 0 Å². The number of aryl methyl sites for hydroxylation is 2. The fraction of sp³-hybridized carbons (Fsp3) is 0.476. The second kappa shape index (κ2) is 6.96. The van der Waals surface area contributed by atoms with Crippen LogP contribution >= 0.6 is 0 Å². The van der Waals surface area contributed by atoms with E-state index in [-0.39, 0.29) is 24.0 Å². The van der Waals surface area contributed by atoms with Gasteiger partial charge in [0, 0.05) is 25.1 Å². The molecule has 1 aliphatic carbocycles. The van der Waals surface area contributed by atoms with Crippen LogP contribution in [0.1, 0.15) is 24.1 Å². The molecule has 3 aliphatic rings. The highest BCUT2D eigenvalue weighted by molar-refractivity contribution is 5.82. The average molecular weight is 381 g/mol. The number of hydrogen-bond acceptors (Lipinski definition) is 5. The largest absolute Gasteiger partial charge is 0.485 e. The van der Waals surface area contributed by atoms with Crippen LogP contribution in [0, 0.1) is 5.92 Å². The van der Waals surface area contributed by atoms with Crippen molar-refractivity contribution in [3.05, 3.63) is 51.9 Å². The topological polar surface area (TPSA) is 73.7 Å². The molecule has 2 aliphatic heterocycles. The molecule has 1 unspecified atom stereocenters. The molecule has 1 fully saturated rings. The summed E-state index contributed by atoms with van der Waals surface area (Å²) in [6.45, 7) is 2.01. The first kappa shape index (κ1) is 17.3. The number of nitrogens with zero attached hydrogens (tertiary/aromatic N) is 3. The van der Waals surface area contributed by atoms with Crippen molar-refractivity contribution in [2.24, 2.45) is 5.92 Å². The van der Waals surface area contributed by atoms with Crippen molar-refractivity contribution in [1.29, 1.82) is 0 Å². The van der Waals surface area contributed by atoms with E-state index in [1.165, 1.54) is 0 Å². The Morgan fingerprint density at radius 1 is 1.14 bits per heavy atom. The summed E-state index contributed by atoms with van der Waals surface area (Å²) in [6.07, 6.45) is 3.56. The molecule has 1 aromatic heterocycles. The zero-order valence-corrected chi connectivity index (χ0v) is 15.7. The first-order valence-corrected chi connectivity index (χ1v) is 9.94. The SMILES string of the molecule is O=C(C1COc2ccccc2O1)N1CC(Cn2nc3c(cc2=O)CCCC3)C1. The standard InChI is InChI=1S/C21H23N3O4/c25-20-9-15-5-1-2-6-16(15)22-24(20)12-14-10-23(11-14)21(26)19-13-27-17-7-3-4-8-18(17)28-19/h3-4,7-9,14,19H,1-2,5-6,10-13H2. The maximum absolute atomic E-state index is 12.7. The number of amides is 1. The quantitative estimate of drug-likeness (QED) is 0.804. The minimum Gasteiger partial charge on any atom is -0.485 e. The van der Waals surface area contributed by atoms with Gasteiger partial charge in [-0.3, -0.25) is 9.59 Å². The Morgan fingerprint density at radius 3 is 2.79 bits per heavy atom. The van der Waals surface area contributed by atoms with Crippen LogP contribution in [-0.4, -0.2) is 46.4 Å². The molecule has 3 heterocycles. The third-order valence-corrected chi connectivity index (χ3v) is 5.76. The fourth-order valence-electron chi connectivity index (χ4n) is 4.19. The summed E-state index contributed by atoms with van der Waals surface area (Å²) in [7, 11) is 0. The van der Waals surface area contributed by atoms with Crippen molar-refractivity contribution in [2.45, 2.75) is 38.3 Å². The number of likely N-dealkylation sites (tertiary alicyclic amines) is 1. The summed E-state index contributed by atoms with van der Waals surface area (Å²) in [5.74, 6) is 1.46. The zero-order chi connectivity index (χ0) is 19.1. The number of benzene rings is 1. The molecule has 0 saturated carbocycles. The van der Waals surface area contributed by atoms with Crippen molar-refractivity contribution in [3.8, 4) is 11.5 Å². The van der Waals surface area contributed by atoms with Gasteiger partial charge in [0.1, 0.15) is 6.61 Å². The van der Waals surface area contributed by atoms with Crippen LogP contribution in [0.5, 0.6) is 11.5 Å². The molecule has 7 nitrogen and oxygen atoms in total. The number of ether oxygens (including phenoxy) is 2. The first-order chi connectivity index (χ1) is 13.7. The monoisotopic (exact) mass is 381 g/mol. The van der Waals surface area contributed by atoms with E-state index >= 15 is 0 Å². The molecule has 2 aromatic rings. The number of fused-ring (bicyclic) bond motifs is 2. The average Bonchev–Trinajstić information content (AvgIpc) is 2.69. The lowest BCUT2D eigenvalue weighted by Crippen LogP contribution is -2.57. The molecule has 1 saturated heterocycles. The molecule has 0 spiro atoms. The molecule has 1 amide bonds. The van der Waals surface area contributed by atoms with E-state index in [1.807, 2.05) is 24.3 Å². The molecule has 0 bridgehead atoms. The number of rotatable bonds is 3. The van der Waals surface area contributed by atoms with Crippen molar-refractivity contribution in [2.75, 3.05) is 19.7 Å². The lowest BCUT2D eigenvalue weighted by Gasteiger charge is -2.41. The Kier molecular flexibility index (Phi) is 4.30. The minimum absolute atomic E-state index is 0.0361. The van der Waals surface area contributed by atoms with E-state index < -0.39 is 6.10 Å². The van der Waals surface area contributed by atoms with Gasteiger partial charge in [-0.25, -0.2) is 4.68 Å². The van der Waals surface area contributed by atoms with Crippen LogP contribution in [0.4, 0.5) is 0 Å². The van der Waals surface area contributed by atoms with Crippen molar-refractivity contribution < 1.29 is 14.3 Å². The third kappa shape index (κ3) is 3.15. The Bertz CT molecular complexity index is 964. The zero-order valence-electron chi connectivity index (χ0n) is 15.7. The van der Waals surface area contributed by atoms with E-state index in [2.05, 4.69) is 5.10 Å². The molecule has 0 radical (unpaired) electrons. The van der Waals surface area contributed by atoms with Crippen LogP contribution < -0.4 is 15.0 Å². The second-order valence-corrected chi connectivity index (χ2v) is 7.82. The van der Waals surface area contributed by atoms with Gasteiger partial charge in [-0.1, -0.05) is 12.1 Å². The summed E-state index contributed by atoms with van der Waals surface area (Å²) in [6, 6.07) is 9.12. The molecular formula is C21H23N3O4. The van der Waals surface area contributed by atoms with Gasteiger partial charge in [-0.2, -0.15) is 5.10 Å². The molecular weight excluding hydrogens is 358 g/mol. The van der Waals surface area contributed by atoms with Crippen LogP contribution in [0.2, 0.25) is 0 Å². The Balaban J connectivity index is 1.19. The minimum atomic E-state index is -0.611. The molecule has 1 aromatic carbocycles. The number of carbonyl (C=O) groups excluding carboxylic acids is 1. The maximum Gasteiger partial charge on any atom is 0.267 e. The Labute approximate surface area is 162 Å². The van der Waals surface area contributed by atoms with E-state index in [9.17, 15) is 9.59 Å². The summed E-state index contributed by atoms with van der Waals surface area (Å²) in [4.78, 5) is 26.8. The summed E-state index contributed by atoms with van der Waals surface area (Å²) < 4.78 is 13.0. The van der Waals surface area contributed by atoms with E-state index in [4.69, 9.17) is 9.47 Å².